The minimum atomic E-state index is 1.27. The molecule has 2 N–H and O–H groups in total. The molecule has 0 aliphatic carbocycles. The Balaban J connectivity index is 0.000000774. The summed E-state index contributed by atoms with van der Waals surface area (Å²) in [5.74, 6) is 0. The van der Waals surface area contributed by atoms with Gasteiger partial charge in [0.1, 0.15) is 0 Å². The molecular weight excluding hydrogens is 254 g/mol. The van der Waals surface area contributed by atoms with E-state index in [2.05, 4.69) is 91.5 Å². The van der Waals surface area contributed by atoms with E-state index in [4.69, 9.17) is 0 Å². The highest BCUT2D eigenvalue weighted by Crippen LogP contribution is 2.34. The van der Waals surface area contributed by atoms with Gasteiger partial charge in [-0.05, 0) is 41.8 Å². The third kappa shape index (κ3) is 3.39. The van der Waals surface area contributed by atoms with Crippen LogP contribution in [0.2, 0.25) is 0 Å². The first kappa shape index (κ1) is 15.0. The molecule has 0 saturated heterocycles. The maximum Gasteiger partial charge on any atom is -0.00761 e. The smallest absolute Gasteiger partial charge is 0.00761 e. The lowest BCUT2D eigenvalue weighted by atomic mass is 9.91. The highest BCUT2D eigenvalue weighted by atomic mass is 14.4. The molecule has 0 saturated carbocycles. The lowest BCUT2D eigenvalue weighted by molar-refractivity contribution is 1.45. The van der Waals surface area contributed by atoms with Crippen molar-refractivity contribution < 1.29 is 0 Å². The van der Waals surface area contributed by atoms with Gasteiger partial charge in [-0.15, -0.1) is 0 Å². The van der Waals surface area contributed by atoms with E-state index in [0.717, 1.165) is 0 Å². The van der Waals surface area contributed by atoms with E-state index in [1.54, 1.807) is 0 Å². The second-order valence-electron chi connectivity index (χ2n) is 4.73. The van der Waals surface area contributed by atoms with E-state index in [9.17, 15) is 0 Å². The number of benzene rings is 3. The van der Waals surface area contributed by atoms with Crippen LogP contribution in [0, 0.1) is 6.92 Å². The van der Waals surface area contributed by atoms with Crippen molar-refractivity contribution in [3.63, 3.8) is 0 Å². The van der Waals surface area contributed by atoms with Gasteiger partial charge in [0.05, 0.1) is 0 Å². The summed E-state index contributed by atoms with van der Waals surface area (Å²) in [6.45, 7) is 2.18. The van der Waals surface area contributed by atoms with Gasteiger partial charge < -0.3 is 5.73 Å². The maximum absolute atomic E-state index is 4.50. The standard InChI is InChI=1S/C19H16.CH5N/c1-15-9-8-14-18(16-10-4-2-5-11-16)19(15)17-12-6-3-7-13-17;1-2/h2-14H,1H3;2H2,1H3. The van der Waals surface area contributed by atoms with Crippen molar-refractivity contribution >= 4 is 0 Å². The van der Waals surface area contributed by atoms with Gasteiger partial charge in [-0.2, -0.15) is 0 Å². The molecule has 3 aromatic rings. The summed E-state index contributed by atoms with van der Waals surface area (Å²) in [7, 11) is 1.50. The molecule has 0 radical (unpaired) electrons. The summed E-state index contributed by atoms with van der Waals surface area (Å²) in [6, 6.07) is 27.7. The topological polar surface area (TPSA) is 26.0 Å². The molecule has 0 heterocycles. The highest BCUT2D eigenvalue weighted by molar-refractivity contribution is 5.85. The third-order valence-corrected chi connectivity index (χ3v) is 3.42. The molecule has 0 amide bonds. The van der Waals surface area contributed by atoms with Crippen molar-refractivity contribution in [2.45, 2.75) is 6.92 Å². The largest absolute Gasteiger partial charge is 0.333 e. The van der Waals surface area contributed by atoms with Crippen molar-refractivity contribution in [2.24, 2.45) is 5.73 Å². The number of hydrogen-bond donors (Lipinski definition) is 1. The van der Waals surface area contributed by atoms with Crippen LogP contribution in [0.3, 0.4) is 0 Å². The van der Waals surface area contributed by atoms with Crippen LogP contribution in [0.4, 0.5) is 0 Å². The van der Waals surface area contributed by atoms with E-state index < -0.39 is 0 Å². The molecular formula is C20H21N. The fourth-order valence-electron chi connectivity index (χ4n) is 2.51. The molecule has 106 valence electrons. The van der Waals surface area contributed by atoms with Crippen LogP contribution in [0.5, 0.6) is 0 Å². The molecule has 1 nitrogen and oxygen atoms in total. The highest BCUT2D eigenvalue weighted by Gasteiger charge is 2.09. The van der Waals surface area contributed by atoms with E-state index >= 15 is 0 Å². The molecule has 21 heavy (non-hydrogen) atoms. The Morgan fingerprint density at radius 3 is 1.67 bits per heavy atom. The molecule has 0 spiro atoms. The third-order valence-electron chi connectivity index (χ3n) is 3.42. The Morgan fingerprint density at radius 1 is 0.571 bits per heavy atom. The number of nitrogens with two attached hydrogens (primary N) is 1. The fourth-order valence-corrected chi connectivity index (χ4v) is 2.51. The van der Waals surface area contributed by atoms with Crippen LogP contribution in [-0.2, 0) is 0 Å². The summed E-state index contributed by atoms with van der Waals surface area (Å²) >= 11 is 0. The average molecular weight is 275 g/mol. The van der Waals surface area contributed by atoms with Gasteiger partial charge in [0.25, 0.3) is 0 Å². The predicted octanol–water partition coefficient (Wildman–Crippen LogP) is 4.90. The van der Waals surface area contributed by atoms with Crippen LogP contribution < -0.4 is 5.73 Å². The molecule has 0 bridgehead atoms. The number of rotatable bonds is 2. The second-order valence-corrected chi connectivity index (χ2v) is 4.73. The summed E-state index contributed by atoms with van der Waals surface area (Å²) in [5, 5.41) is 0. The van der Waals surface area contributed by atoms with Crippen molar-refractivity contribution in [2.75, 3.05) is 7.05 Å². The summed E-state index contributed by atoms with van der Waals surface area (Å²) in [4.78, 5) is 0. The van der Waals surface area contributed by atoms with Crippen LogP contribution in [0.1, 0.15) is 5.56 Å². The van der Waals surface area contributed by atoms with E-state index in [-0.39, 0.29) is 0 Å². The minimum Gasteiger partial charge on any atom is -0.333 e. The molecule has 0 atom stereocenters. The minimum absolute atomic E-state index is 1.27. The van der Waals surface area contributed by atoms with Gasteiger partial charge in [-0.3, -0.25) is 0 Å². The van der Waals surface area contributed by atoms with Crippen LogP contribution in [0.15, 0.2) is 78.9 Å². The van der Waals surface area contributed by atoms with Crippen LogP contribution >= 0.6 is 0 Å². The molecule has 0 aliphatic rings. The average Bonchev–Trinajstić information content (AvgIpc) is 2.58. The fraction of sp³-hybridized carbons (Fsp3) is 0.100. The van der Waals surface area contributed by atoms with Crippen molar-refractivity contribution in [3.05, 3.63) is 84.4 Å². The van der Waals surface area contributed by atoms with Gasteiger partial charge in [-0.1, -0.05) is 78.9 Å². The Kier molecular flexibility index (Phi) is 5.30. The number of hydrogen-bond acceptors (Lipinski definition) is 1. The normalized spacial score (nSPS) is 9.67. The van der Waals surface area contributed by atoms with Crippen LogP contribution in [0.25, 0.3) is 22.3 Å². The molecule has 1 heteroatoms. The zero-order valence-corrected chi connectivity index (χ0v) is 12.6. The Bertz CT molecular complexity index is 673. The van der Waals surface area contributed by atoms with E-state index in [1.165, 1.54) is 34.9 Å². The lowest BCUT2D eigenvalue weighted by Gasteiger charge is -2.13. The monoisotopic (exact) mass is 275 g/mol. The van der Waals surface area contributed by atoms with E-state index in [0.29, 0.717) is 0 Å². The van der Waals surface area contributed by atoms with Crippen LogP contribution in [-0.4, -0.2) is 7.05 Å². The first-order valence-electron chi connectivity index (χ1n) is 7.14. The lowest BCUT2D eigenvalue weighted by Crippen LogP contribution is -1.88. The molecule has 0 aromatic heterocycles. The first-order valence-corrected chi connectivity index (χ1v) is 7.14. The molecule has 0 unspecified atom stereocenters. The van der Waals surface area contributed by atoms with Crippen molar-refractivity contribution in [1.82, 2.24) is 0 Å². The Labute approximate surface area is 127 Å². The van der Waals surface area contributed by atoms with Gasteiger partial charge in [0.2, 0.25) is 0 Å². The maximum atomic E-state index is 4.50. The Hall–Kier alpha value is -2.38. The zero-order valence-electron chi connectivity index (χ0n) is 12.6. The summed E-state index contributed by atoms with van der Waals surface area (Å²) < 4.78 is 0. The van der Waals surface area contributed by atoms with Gasteiger partial charge >= 0.3 is 0 Å². The van der Waals surface area contributed by atoms with Gasteiger partial charge in [0.15, 0.2) is 0 Å². The molecule has 3 rings (SSSR count). The SMILES string of the molecule is CN.Cc1cccc(-c2ccccc2)c1-c1ccccc1. The molecule has 3 aromatic carbocycles. The van der Waals surface area contributed by atoms with E-state index in [1.807, 2.05) is 0 Å². The quantitative estimate of drug-likeness (QED) is 0.707. The predicted molar refractivity (Wildman–Crippen MR) is 92.2 cm³/mol. The summed E-state index contributed by atoms with van der Waals surface area (Å²) in [5.41, 5.74) is 11.0. The summed E-state index contributed by atoms with van der Waals surface area (Å²) in [6.07, 6.45) is 0. The van der Waals surface area contributed by atoms with Gasteiger partial charge in [-0.25, -0.2) is 0 Å². The number of aryl methyl sites for hydroxylation is 1. The zero-order chi connectivity index (χ0) is 15.1. The van der Waals surface area contributed by atoms with Gasteiger partial charge in [0, 0.05) is 0 Å². The molecule has 0 aliphatic heterocycles. The van der Waals surface area contributed by atoms with Crippen molar-refractivity contribution in [1.29, 1.82) is 0 Å². The van der Waals surface area contributed by atoms with Crippen molar-refractivity contribution in [3.8, 4) is 22.3 Å². The Morgan fingerprint density at radius 2 is 1.10 bits per heavy atom. The second kappa shape index (κ2) is 7.41. The first-order chi connectivity index (χ1) is 10.4. The molecule has 0 fully saturated rings.